The first-order chi connectivity index (χ1) is 14.4. The Bertz CT molecular complexity index is 1190. The van der Waals surface area contributed by atoms with Crippen LogP contribution in [0.4, 0.5) is 23.7 Å². The van der Waals surface area contributed by atoms with Crippen molar-refractivity contribution in [2.45, 2.75) is 12.8 Å². The van der Waals surface area contributed by atoms with Crippen LogP contribution in [0.1, 0.15) is 11.5 Å². The number of aromatic nitrogens is 5. The van der Waals surface area contributed by atoms with Crippen molar-refractivity contribution in [3.05, 3.63) is 60.4 Å². The molecule has 1 N–H and O–H groups in total. The predicted octanol–water partition coefficient (Wildman–Crippen LogP) is 3.84. The number of nitrogens with zero attached hydrogens (tertiary/aromatic N) is 5. The van der Waals surface area contributed by atoms with Crippen LogP contribution in [0, 0.1) is 0 Å². The molecule has 0 aliphatic carbocycles. The summed E-state index contributed by atoms with van der Waals surface area (Å²) in [5.74, 6) is -2.13. The van der Waals surface area contributed by atoms with E-state index >= 15 is 0 Å². The lowest BCUT2D eigenvalue weighted by Gasteiger charge is -2.07. The molecule has 3 heterocycles. The molecule has 0 bridgehead atoms. The topological polar surface area (TPSA) is 116 Å². The average Bonchev–Trinajstić information content (AvgIpc) is 3.23. The largest absolute Gasteiger partial charge is 0.471 e. The molecule has 0 radical (unpaired) electrons. The quantitative estimate of drug-likeness (QED) is 0.533. The van der Waals surface area contributed by atoms with E-state index in [4.69, 9.17) is 4.74 Å². The number of halogens is 3. The van der Waals surface area contributed by atoms with Crippen LogP contribution >= 0.6 is 0 Å². The summed E-state index contributed by atoms with van der Waals surface area (Å²) in [5, 5.41) is 6.50. The van der Waals surface area contributed by atoms with E-state index in [2.05, 4.69) is 34.9 Å². The van der Waals surface area contributed by atoms with Gasteiger partial charge in [0.1, 0.15) is 6.61 Å². The summed E-state index contributed by atoms with van der Waals surface area (Å²) < 4.78 is 46.7. The number of nitrogens with one attached hydrogen (secondary N) is 1. The van der Waals surface area contributed by atoms with Gasteiger partial charge in [0.05, 0.1) is 23.6 Å². The summed E-state index contributed by atoms with van der Waals surface area (Å²) in [6.45, 7) is -0.00825. The number of pyridine rings is 1. The lowest BCUT2D eigenvalue weighted by atomic mass is 10.2. The van der Waals surface area contributed by atoms with E-state index in [1.165, 1.54) is 12.4 Å². The van der Waals surface area contributed by atoms with Crippen molar-refractivity contribution >= 4 is 22.7 Å². The third kappa shape index (κ3) is 4.32. The number of alkyl halides is 3. The third-order valence-electron chi connectivity index (χ3n) is 3.78. The van der Waals surface area contributed by atoms with E-state index in [1.807, 2.05) is 30.3 Å². The average molecular weight is 416 g/mol. The highest BCUT2D eigenvalue weighted by molar-refractivity contribution is 5.84. The minimum atomic E-state index is -4.77. The van der Waals surface area contributed by atoms with E-state index in [9.17, 15) is 18.0 Å². The molecule has 1 aromatic carbocycles. The number of benzene rings is 1. The molecule has 0 unspecified atom stereocenters. The van der Waals surface area contributed by atoms with Gasteiger partial charge in [0.2, 0.25) is 11.6 Å². The molecule has 30 heavy (non-hydrogen) atoms. The fourth-order valence-electron chi connectivity index (χ4n) is 2.44. The second-order valence-corrected chi connectivity index (χ2v) is 5.95. The molecular formula is C18H11F3N6O3. The number of ether oxygens (including phenoxy) is 1. The van der Waals surface area contributed by atoms with Crippen molar-refractivity contribution in [1.82, 2.24) is 25.1 Å². The Balaban J connectivity index is 1.35. The van der Waals surface area contributed by atoms with Gasteiger partial charge < -0.3 is 9.26 Å². The Labute approximate surface area is 165 Å². The zero-order valence-electron chi connectivity index (χ0n) is 14.9. The molecule has 4 rings (SSSR count). The van der Waals surface area contributed by atoms with Crippen molar-refractivity contribution in [3.63, 3.8) is 0 Å². The Morgan fingerprint density at radius 1 is 1.07 bits per heavy atom. The molecule has 4 aromatic rings. The van der Waals surface area contributed by atoms with Crippen molar-refractivity contribution in [2.75, 3.05) is 5.32 Å². The minimum Gasteiger partial charge on any atom is -0.444 e. The smallest absolute Gasteiger partial charge is 0.444 e. The Morgan fingerprint density at radius 2 is 1.83 bits per heavy atom. The lowest BCUT2D eigenvalue weighted by molar-refractivity contribution is -0.159. The maximum absolute atomic E-state index is 12.5. The van der Waals surface area contributed by atoms with E-state index in [1.54, 1.807) is 6.20 Å². The van der Waals surface area contributed by atoms with Crippen LogP contribution in [0.3, 0.4) is 0 Å². The van der Waals surface area contributed by atoms with Crippen LogP contribution in [-0.4, -0.2) is 31.2 Å². The number of carbonyl (C=O) groups excluding carboxylic acids is 1. The molecule has 1 amide bonds. The van der Waals surface area contributed by atoms with Crippen LogP contribution in [0.5, 0.6) is 0 Å². The molecule has 0 spiro atoms. The van der Waals surface area contributed by atoms with Gasteiger partial charge in [-0.05, 0) is 12.1 Å². The Hall–Kier alpha value is -4.09. The van der Waals surface area contributed by atoms with E-state index in [-0.39, 0.29) is 18.1 Å². The summed E-state index contributed by atoms with van der Waals surface area (Å²) in [6.07, 6.45) is -1.58. The number of fused-ring (bicyclic) bond motifs is 1. The summed E-state index contributed by atoms with van der Waals surface area (Å²) in [7, 11) is 0. The summed E-state index contributed by atoms with van der Waals surface area (Å²) >= 11 is 0. The zero-order valence-corrected chi connectivity index (χ0v) is 14.9. The highest BCUT2D eigenvalue weighted by Gasteiger charge is 2.38. The molecule has 0 aliphatic heterocycles. The monoisotopic (exact) mass is 416 g/mol. The SMILES string of the molecule is O=C(Nc1cnc(-c2noc(C(F)(F)F)n2)nc1)OCc1cnc2ccccc2c1. The molecule has 9 nitrogen and oxygen atoms in total. The van der Waals surface area contributed by atoms with Gasteiger partial charge in [-0.15, -0.1) is 0 Å². The number of para-hydroxylation sites is 1. The molecule has 12 heteroatoms. The van der Waals surface area contributed by atoms with Gasteiger partial charge in [-0.2, -0.15) is 18.2 Å². The van der Waals surface area contributed by atoms with Crippen LogP contribution in [0.25, 0.3) is 22.6 Å². The molecule has 0 aliphatic rings. The van der Waals surface area contributed by atoms with Crippen molar-refractivity contribution in [3.8, 4) is 11.6 Å². The first-order valence-electron chi connectivity index (χ1n) is 8.39. The number of amides is 1. The molecule has 0 fully saturated rings. The Morgan fingerprint density at radius 3 is 2.57 bits per heavy atom. The van der Waals surface area contributed by atoms with Gasteiger partial charge in [-0.3, -0.25) is 10.3 Å². The minimum absolute atomic E-state index is 0.00825. The second kappa shape index (κ2) is 7.73. The van der Waals surface area contributed by atoms with Gasteiger partial charge >= 0.3 is 18.2 Å². The molecule has 3 aromatic heterocycles. The van der Waals surface area contributed by atoms with E-state index < -0.39 is 24.0 Å². The van der Waals surface area contributed by atoms with Crippen molar-refractivity contribution < 1.29 is 27.2 Å². The Kier molecular flexibility index (Phi) is 4.96. The number of hydrogen-bond acceptors (Lipinski definition) is 8. The summed E-state index contributed by atoms with van der Waals surface area (Å²) in [5.41, 5.74) is 1.69. The number of anilines is 1. The molecular weight excluding hydrogens is 405 g/mol. The molecule has 0 saturated heterocycles. The standard InChI is InChI=1S/C18H11F3N6O3/c19-18(20,21)16-26-15(27-30-16)14-23-7-12(8-24-14)25-17(28)29-9-10-5-11-3-1-2-4-13(11)22-6-10/h1-8H,9H2,(H,25,28). The first kappa shape index (κ1) is 19.2. The fourth-order valence-corrected chi connectivity index (χ4v) is 2.44. The maximum Gasteiger partial charge on any atom is 0.471 e. The van der Waals surface area contributed by atoms with Crippen LogP contribution in [0.2, 0.25) is 0 Å². The van der Waals surface area contributed by atoms with Crippen LogP contribution in [-0.2, 0) is 17.5 Å². The highest BCUT2D eigenvalue weighted by atomic mass is 19.4. The van der Waals surface area contributed by atoms with Gasteiger partial charge in [0, 0.05) is 17.1 Å². The fraction of sp³-hybridized carbons (Fsp3) is 0.111. The van der Waals surface area contributed by atoms with Gasteiger partial charge in [0.25, 0.3) is 0 Å². The van der Waals surface area contributed by atoms with E-state index in [0.717, 1.165) is 10.9 Å². The van der Waals surface area contributed by atoms with Crippen LogP contribution in [0.15, 0.2) is 53.4 Å². The van der Waals surface area contributed by atoms with Crippen molar-refractivity contribution in [1.29, 1.82) is 0 Å². The van der Waals surface area contributed by atoms with Crippen LogP contribution < -0.4 is 5.32 Å². The number of hydrogen-bond donors (Lipinski definition) is 1. The van der Waals surface area contributed by atoms with Gasteiger partial charge in [-0.1, -0.05) is 23.4 Å². The van der Waals surface area contributed by atoms with E-state index in [0.29, 0.717) is 5.56 Å². The third-order valence-corrected chi connectivity index (χ3v) is 3.78. The normalized spacial score (nSPS) is 11.4. The first-order valence-corrected chi connectivity index (χ1v) is 8.39. The number of rotatable bonds is 4. The maximum atomic E-state index is 12.5. The highest BCUT2D eigenvalue weighted by Crippen LogP contribution is 2.28. The molecule has 152 valence electrons. The molecule has 0 atom stereocenters. The predicted molar refractivity (Wildman–Crippen MR) is 95.9 cm³/mol. The second-order valence-electron chi connectivity index (χ2n) is 5.95. The molecule has 0 saturated carbocycles. The summed E-state index contributed by atoms with van der Waals surface area (Å²) in [6, 6.07) is 9.37. The zero-order chi connectivity index (χ0) is 21.1. The van der Waals surface area contributed by atoms with Gasteiger partial charge in [-0.25, -0.2) is 14.8 Å². The van der Waals surface area contributed by atoms with Gasteiger partial charge in [0.15, 0.2) is 0 Å². The number of carbonyl (C=O) groups is 1. The van der Waals surface area contributed by atoms with Crippen molar-refractivity contribution in [2.24, 2.45) is 0 Å². The summed E-state index contributed by atoms with van der Waals surface area (Å²) in [4.78, 5) is 27.0. The lowest BCUT2D eigenvalue weighted by Crippen LogP contribution is -2.14.